The number of halogens is 2. The molecule has 0 radical (unpaired) electrons. The molecule has 0 bridgehead atoms. The third kappa shape index (κ3) is 3.11. The first-order chi connectivity index (χ1) is 8.61. The van der Waals surface area contributed by atoms with Crippen LogP contribution in [0, 0.1) is 11.7 Å². The highest BCUT2D eigenvalue weighted by Crippen LogP contribution is 2.29. The molecule has 1 aromatic rings. The number of nitrogens with zero attached hydrogens (tertiary/aromatic N) is 1. The molecule has 100 valence electrons. The lowest BCUT2D eigenvalue weighted by Crippen LogP contribution is -2.37. The van der Waals surface area contributed by atoms with E-state index in [4.69, 9.17) is 5.73 Å². The molecular weight excluding hydrogens is 295 g/mol. The molecule has 0 saturated heterocycles. The van der Waals surface area contributed by atoms with Crippen molar-refractivity contribution in [2.24, 2.45) is 11.7 Å². The molecule has 0 heterocycles. The zero-order valence-electron chi connectivity index (χ0n) is 10.7. The summed E-state index contributed by atoms with van der Waals surface area (Å²) in [5, 5.41) is 0. The summed E-state index contributed by atoms with van der Waals surface area (Å²) in [6.07, 6.45) is 3.62. The van der Waals surface area contributed by atoms with Gasteiger partial charge in [0.05, 0.1) is 0 Å². The molecule has 2 unspecified atom stereocenters. The van der Waals surface area contributed by atoms with Gasteiger partial charge in [-0.1, -0.05) is 28.4 Å². The molecule has 0 aromatic heterocycles. The van der Waals surface area contributed by atoms with Crippen LogP contribution in [0.15, 0.2) is 22.7 Å². The van der Waals surface area contributed by atoms with Gasteiger partial charge in [0.15, 0.2) is 0 Å². The fourth-order valence-corrected chi connectivity index (χ4v) is 3.24. The Morgan fingerprint density at radius 1 is 1.44 bits per heavy atom. The van der Waals surface area contributed by atoms with Gasteiger partial charge in [-0.05, 0) is 44.5 Å². The topological polar surface area (TPSA) is 29.3 Å². The smallest absolute Gasteiger partial charge is 0.128 e. The minimum atomic E-state index is -0.140. The van der Waals surface area contributed by atoms with Crippen molar-refractivity contribution in [3.63, 3.8) is 0 Å². The van der Waals surface area contributed by atoms with Gasteiger partial charge in [-0.2, -0.15) is 0 Å². The van der Waals surface area contributed by atoms with Crippen LogP contribution < -0.4 is 5.73 Å². The van der Waals surface area contributed by atoms with Gasteiger partial charge in [0.25, 0.3) is 0 Å². The van der Waals surface area contributed by atoms with E-state index in [0.29, 0.717) is 18.5 Å². The number of benzene rings is 1. The highest BCUT2D eigenvalue weighted by atomic mass is 79.9. The summed E-state index contributed by atoms with van der Waals surface area (Å²) in [4.78, 5) is 2.25. The Morgan fingerprint density at radius 3 is 2.89 bits per heavy atom. The van der Waals surface area contributed by atoms with Crippen LogP contribution in [0.1, 0.15) is 24.8 Å². The number of nitrogens with two attached hydrogens (primary N) is 1. The molecule has 0 aliphatic heterocycles. The number of rotatable bonds is 4. The van der Waals surface area contributed by atoms with Crippen LogP contribution in [0.4, 0.5) is 4.39 Å². The Hall–Kier alpha value is -0.450. The fourth-order valence-electron chi connectivity index (χ4n) is 2.91. The summed E-state index contributed by atoms with van der Waals surface area (Å²) < 4.78 is 14.6. The summed E-state index contributed by atoms with van der Waals surface area (Å²) in [6.45, 7) is 1.39. The van der Waals surface area contributed by atoms with E-state index >= 15 is 0 Å². The van der Waals surface area contributed by atoms with Crippen molar-refractivity contribution in [3.8, 4) is 0 Å². The molecule has 0 amide bonds. The lowest BCUT2D eigenvalue weighted by molar-refractivity contribution is 0.191. The molecule has 0 spiro atoms. The Bertz CT molecular complexity index is 411. The summed E-state index contributed by atoms with van der Waals surface area (Å²) in [5.74, 6) is 0.423. The molecule has 1 fully saturated rings. The van der Waals surface area contributed by atoms with Crippen molar-refractivity contribution >= 4 is 15.9 Å². The average Bonchev–Trinajstić information content (AvgIpc) is 2.81. The van der Waals surface area contributed by atoms with Crippen LogP contribution in [0.2, 0.25) is 0 Å². The lowest BCUT2D eigenvalue weighted by Gasteiger charge is -2.29. The third-order valence-corrected chi connectivity index (χ3v) is 4.42. The second kappa shape index (κ2) is 6.13. The predicted molar refractivity (Wildman–Crippen MR) is 75.8 cm³/mol. The maximum Gasteiger partial charge on any atom is 0.128 e. The monoisotopic (exact) mass is 314 g/mol. The zero-order chi connectivity index (χ0) is 13.1. The Labute approximate surface area is 116 Å². The van der Waals surface area contributed by atoms with Gasteiger partial charge in [-0.3, -0.25) is 4.90 Å². The van der Waals surface area contributed by atoms with Gasteiger partial charge in [0, 0.05) is 22.6 Å². The Kier molecular flexibility index (Phi) is 4.76. The van der Waals surface area contributed by atoms with Crippen molar-refractivity contribution in [1.82, 2.24) is 4.90 Å². The minimum Gasteiger partial charge on any atom is -0.330 e. The standard InChI is InChI=1S/C14H20BrFN2/c1-18(14-4-2-3-10(14)8-17)9-11-5-6-12(15)7-13(11)16/h5-7,10,14H,2-4,8-9,17H2,1H3. The highest BCUT2D eigenvalue weighted by Gasteiger charge is 2.29. The molecular formula is C14H20BrFN2. The second-order valence-corrected chi connectivity index (χ2v) is 6.06. The van der Waals surface area contributed by atoms with Crippen LogP contribution in [0.5, 0.6) is 0 Å². The van der Waals surface area contributed by atoms with Crippen LogP contribution >= 0.6 is 15.9 Å². The molecule has 18 heavy (non-hydrogen) atoms. The Balaban J connectivity index is 2.04. The van der Waals surface area contributed by atoms with Gasteiger partial charge < -0.3 is 5.73 Å². The van der Waals surface area contributed by atoms with Gasteiger partial charge in [0.1, 0.15) is 5.82 Å². The summed E-state index contributed by atoms with van der Waals surface area (Å²) in [5.41, 5.74) is 6.55. The first-order valence-corrected chi connectivity index (χ1v) is 7.25. The first kappa shape index (κ1) is 14.0. The quantitative estimate of drug-likeness (QED) is 0.925. The van der Waals surface area contributed by atoms with Crippen molar-refractivity contribution in [3.05, 3.63) is 34.1 Å². The van der Waals surface area contributed by atoms with Crippen LogP contribution in [0.25, 0.3) is 0 Å². The van der Waals surface area contributed by atoms with Gasteiger partial charge >= 0.3 is 0 Å². The van der Waals surface area contributed by atoms with E-state index < -0.39 is 0 Å². The van der Waals surface area contributed by atoms with Crippen molar-refractivity contribution in [2.75, 3.05) is 13.6 Å². The van der Waals surface area contributed by atoms with Crippen molar-refractivity contribution in [1.29, 1.82) is 0 Å². The van der Waals surface area contributed by atoms with E-state index in [1.165, 1.54) is 25.3 Å². The predicted octanol–water partition coefficient (Wildman–Crippen LogP) is 3.15. The first-order valence-electron chi connectivity index (χ1n) is 6.46. The molecule has 2 nitrogen and oxygen atoms in total. The second-order valence-electron chi connectivity index (χ2n) is 5.14. The van der Waals surface area contributed by atoms with Gasteiger partial charge in [0.2, 0.25) is 0 Å². The summed E-state index contributed by atoms with van der Waals surface area (Å²) >= 11 is 3.28. The highest BCUT2D eigenvalue weighted by molar-refractivity contribution is 9.10. The largest absolute Gasteiger partial charge is 0.330 e. The Morgan fingerprint density at radius 2 is 2.22 bits per heavy atom. The molecule has 2 N–H and O–H groups in total. The molecule has 4 heteroatoms. The van der Waals surface area contributed by atoms with E-state index in [1.807, 2.05) is 12.1 Å². The molecule has 1 aliphatic rings. The SMILES string of the molecule is CN(Cc1ccc(Br)cc1F)C1CCCC1CN. The zero-order valence-corrected chi connectivity index (χ0v) is 12.3. The molecule has 1 aromatic carbocycles. The van der Waals surface area contributed by atoms with Crippen molar-refractivity contribution < 1.29 is 4.39 Å². The summed E-state index contributed by atoms with van der Waals surface area (Å²) in [6, 6.07) is 5.76. The summed E-state index contributed by atoms with van der Waals surface area (Å²) in [7, 11) is 2.07. The normalized spacial score (nSPS) is 23.8. The van der Waals surface area contributed by atoms with Gasteiger partial charge in [-0.25, -0.2) is 4.39 Å². The van der Waals surface area contributed by atoms with Crippen LogP contribution in [-0.4, -0.2) is 24.5 Å². The molecule has 2 atom stereocenters. The number of hydrogen-bond acceptors (Lipinski definition) is 2. The van der Waals surface area contributed by atoms with E-state index in [-0.39, 0.29) is 5.82 Å². The van der Waals surface area contributed by atoms with E-state index in [9.17, 15) is 4.39 Å². The molecule has 2 rings (SSSR count). The van der Waals surface area contributed by atoms with Gasteiger partial charge in [-0.15, -0.1) is 0 Å². The molecule has 1 aliphatic carbocycles. The van der Waals surface area contributed by atoms with Crippen LogP contribution in [0.3, 0.4) is 0 Å². The number of hydrogen-bond donors (Lipinski definition) is 1. The van der Waals surface area contributed by atoms with Crippen LogP contribution in [-0.2, 0) is 6.54 Å². The van der Waals surface area contributed by atoms with E-state index in [0.717, 1.165) is 16.6 Å². The maximum absolute atomic E-state index is 13.8. The van der Waals surface area contributed by atoms with E-state index in [1.54, 1.807) is 0 Å². The third-order valence-electron chi connectivity index (χ3n) is 3.92. The molecule has 1 saturated carbocycles. The van der Waals surface area contributed by atoms with Crippen molar-refractivity contribution in [2.45, 2.75) is 31.8 Å². The maximum atomic E-state index is 13.8. The lowest BCUT2D eigenvalue weighted by atomic mass is 10.0. The fraction of sp³-hybridized carbons (Fsp3) is 0.571. The minimum absolute atomic E-state index is 0.140. The van der Waals surface area contributed by atoms with E-state index in [2.05, 4.69) is 27.9 Å². The average molecular weight is 315 g/mol.